The number of amides is 2. The molecule has 0 aromatic heterocycles. The maximum atomic E-state index is 13.7. The number of benzene rings is 3. The van der Waals surface area contributed by atoms with Gasteiger partial charge in [-0.05, 0) is 53.5 Å². The fraction of sp³-hybridized carbons (Fsp3) is 0.364. The fourth-order valence-corrected chi connectivity index (χ4v) is 5.92. The van der Waals surface area contributed by atoms with Crippen molar-refractivity contribution in [1.29, 1.82) is 0 Å². The molecule has 8 heteroatoms. The minimum absolute atomic E-state index is 0.00825. The Kier molecular flexibility index (Phi) is 8.99. The fourth-order valence-electron chi connectivity index (χ4n) is 5.92. The van der Waals surface area contributed by atoms with Gasteiger partial charge in [-0.15, -0.1) is 0 Å². The van der Waals surface area contributed by atoms with E-state index in [2.05, 4.69) is 29.6 Å². The molecule has 8 nitrogen and oxygen atoms in total. The second kappa shape index (κ2) is 13.0. The molecule has 1 saturated heterocycles. The average molecular weight is 557 g/mol. The number of carboxylic acids is 1. The molecule has 1 fully saturated rings. The first-order valence-electron chi connectivity index (χ1n) is 14.2. The SMILES string of the molecule is CC(OCc1ccccc1)C(NC(=O)OCC1c2ccccc2-c2ccccc21)C(=O)N1CCCC(CC(=O)O)C1. The lowest BCUT2D eigenvalue weighted by atomic mass is 9.94. The minimum atomic E-state index is -0.988. The molecule has 0 radical (unpaired) electrons. The van der Waals surface area contributed by atoms with Crippen LogP contribution in [0.25, 0.3) is 11.1 Å². The number of aliphatic carboxylic acids is 1. The van der Waals surface area contributed by atoms with E-state index in [1.165, 1.54) is 0 Å². The Morgan fingerprint density at radius 1 is 0.951 bits per heavy atom. The van der Waals surface area contributed by atoms with Gasteiger partial charge in [-0.2, -0.15) is 0 Å². The van der Waals surface area contributed by atoms with E-state index in [4.69, 9.17) is 9.47 Å². The van der Waals surface area contributed by atoms with Gasteiger partial charge in [0.1, 0.15) is 12.6 Å². The number of fused-ring (bicyclic) bond motifs is 3. The van der Waals surface area contributed by atoms with E-state index in [0.717, 1.165) is 34.2 Å². The number of carbonyl (C=O) groups excluding carboxylic acids is 2. The molecule has 0 bridgehead atoms. The number of carbonyl (C=O) groups is 3. The third kappa shape index (κ3) is 6.77. The highest BCUT2D eigenvalue weighted by Gasteiger charge is 2.35. The molecule has 5 rings (SSSR count). The number of hydrogen-bond acceptors (Lipinski definition) is 5. The molecule has 0 spiro atoms. The minimum Gasteiger partial charge on any atom is -0.481 e. The second-order valence-electron chi connectivity index (χ2n) is 10.8. The van der Waals surface area contributed by atoms with E-state index in [1.54, 1.807) is 11.8 Å². The quantitative estimate of drug-likeness (QED) is 0.355. The second-order valence-corrected chi connectivity index (χ2v) is 10.8. The van der Waals surface area contributed by atoms with Gasteiger partial charge in [0, 0.05) is 25.4 Å². The van der Waals surface area contributed by atoms with Crippen LogP contribution in [0.5, 0.6) is 0 Å². The van der Waals surface area contributed by atoms with Crippen LogP contribution in [0.15, 0.2) is 78.9 Å². The zero-order valence-electron chi connectivity index (χ0n) is 23.2. The van der Waals surface area contributed by atoms with Crippen molar-refractivity contribution in [3.05, 3.63) is 95.6 Å². The number of likely N-dealkylation sites (tertiary alicyclic amines) is 1. The van der Waals surface area contributed by atoms with Crippen LogP contribution in [-0.2, 0) is 25.7 Å². The van der Waals surface area contributed by atoms with Gasteiger partial charge in [0.25, 0.3) is 0 Å². The van der Waals surface area contributed by atoms with Gasteiger partial charge < -0.3 is 24.8 Å². The Morgan fingerprint density at radius 3 is 2.24 bits per heavy atom. The summed E-state index contributed by atoms with van der Waals surface area (Å²) in [4.78, 5) is 39.8. The molecule has 41 heavy (non-hydrogen) atoms. The van der Waals surface area contributed by atoms with Crippen molar-refractivity contribution in [3.8, 4) is 11.1 Å². The average Bonchev–Trinajstić information content (AvgIpc) is 3.31. The molecule has 0 saturated carbocycles. The number of rotatable bonds is 10. The van der Waals surface area contributed by atoms with Gasteiger partial charge in [0.2, 0.25) is 5.91 Å². The lowest BCUT2D eigenvalue weighted by Crippen LogP contribution is -2.56. The van der Waals surface area contributed by atoms with E-state index >= 15 is 0 Å². The molecule has 2 aliphatic rings. The summed E-state index contributed by atoms with van der Waals surface area (Å²) in [5.74, 6) is -1.40. The number of nitrogens with zero attached hydrogens (tertiary/aromatic N) is 1. The molecule has 2 N–H and O–H groups in total. The first-order chi connectivity index (χ1) is 19.9. The van der Waals surface area contributed by atoms with Crippen LogP contribution in [0.2, 0.25) is 0 Å². The van der Waals surface area contributed by atoms with E-state index < -0.39 is 24.2 Å². The number of hydrogen-bond donors (Lipinski definition) is 2. The molecule has 1 heterocycles. The van der Waals surface area contributed by atoms with Gasteiger partial charge in [-0.3, -0.25) is 9.59 Å². The first-order valence-corrected chi connectivity index (χ1v) is 14.2. The number of alkyl carbamates (subject to hydrolysis) is 1. The first kappa shape index (κ1) is 28.4. The van der Waals surface area contributed by atoms with Crippen molar-refractivity contribution in [2.45, 2.75) is 50.9 Å². The summed E-state index contributed by atoms with van der Waals surface area (Å²) in [5, 5.41) is 12.0. The smallest absolute Gasteiger partial charge is 0.407 e. The van der Waals surface area contributed by atoms with Crippen molar-refractivity contribution in [3.63, 3.8) is 0 Å². The zero-order chi connectivity index (χ0) is 28.8. The third-order valence-corrected chi connectivity index (χ3v) is 8.00. The number of carboxylic acid groups (broad SMARTS) is 1. The highest BCUT2D eigenvalue weighted by atomic mass is 16.5. The summed E-state index contributed by atoms with van der Waals surface area (Å²) in [7, 11) is 0. The summed E-state index contributed by atoms with van der Waals surface area (Å²) in [6.07, 6.45) is 0.123. The molecular weight excluding hydrogens is 520 g/mol. The molecule has 2 amide bonds. The van der Waals surface area contributed by atoms with Crippen molar-refractivity contribution in [2.24, 2.45) is 5.92 Å². The van der Waals surface area contributed by atoms with Crippen molar-refractivity contribution >= 4 is 18.0 Å². The topological polar surface area (TPSA) is 105 Å². The van der Waals surface area contributed by atoms with Gasteiger partial charge in [0.15, 0.2) is 0 Å². The standard InChI is InChI=1S/C33H36N2O6/c1-22(40-20-23-10-3-2-4-11-23)31(32(38)35-17-9-12-24(19-35)18-30(36)37)34-33(39)41-21-29-27-15-7-5-13-25(27)26-14-6-8-16-28(26)29/h2-8,10-11,13-16,22,24,29,31H,9,12,17-21H2,1H3,(H,34,39)(H,36,37). The Hall–Kier alpha value is -4.17. The summed E-state index contributed by atoms with van der Waals surface area (Å²) in [6.45, 7) is 3.00. The Labute approximate surface area is 240 Å². The Balaban J connectivity index is 1.28. The van der Waals surface area contributed by atoms with E-state index in [-0.39, 0.29) is 37.4 Å². The Morgan fingerprint density at radius 2 is 1.59 bits per heavy atom. The van der Waals surface area contributed by atoms with Crippen molar-refractivity contribution < 1.29 is 29.0 Å². The highest BCUT2D eigenvalue weighted by Crippen LogP contribution is 2.44. The van der Waals surface area contributed by atoms with Crippen LogP contribution in [0.1, 0.15) is 48.8 Å². The predicted molar refractivity (Wildman–Crippen MR) is 154 cm³/mol. The Bertz CT molecular complexity index is 1330. The summed E-state index contributed by atoms with van der Waals surface area (Å²) in [5.41, 5.74) is 5.42. The number of nitrogens with one attached hydrogen (secondary N) is 1. The van der Waals surface area contributed by atoms with Crippen molar-refractivity contribution in [1.82, 2.24) is 10.2 Å². The lowest BCUT2D eigenvalue weighted by molar-refractivity contribution is -0.143. The van der Waals surface area contributed by atoms with Crippen LogP contribution in [0, 0.1) is 5.92 Å². The van der Waals surface area contributed by atoms with E-state index in [9.17, 15) is 19.5 Å². The molecule has 3 aromatic carbocycles. The number of ether oxygens (including phenoxy) is 2. The van der Waals surface area contributed by atoms with E-state index in [1.807, 2.05) is 54.6 Å². The zero-order valence-corrected chi connectivity index (χ0v) is 23.2. The summed E-state index contributed by atoms with van der Waals surface area (Å²) in [6, 6.07) is 24.8. The molecule has 214 valence electrons. The van der Waals surface area contributed by atoms with Crippen LogP contribution in [0.4, 0.5) is 4.79 Å². The summed E-state index contributed by atoms with van der Waals surface area (Å²) < 4.78 is 11.8. The van der Waals surface area contributed by atoms with E-state index in [0.29, 0.717) is 19.5 Å². The number of piperidine rings is 1. The maximum absolute atomic E-state index is 13.7. The molecule has 3 atom stereocenters. The maximum Gasteiger partial charge on any atom is 0.407 e. The molecule has 1 aliphatic carbocycles. The molecule has 3 unspecified atom stereocenters. The van der Waals surface area contributed by atoms with Gasteiger partial charge in [0.05, 0.1) is 12.7 Å². The molecule has 1 aliphatic heterocycles. The summed E-state index contributed by atoms with van der Waals surface area (Å²) >= 11 is 0. The third-order valence-electron chi connectivity index (χ3n) is 8.00. The van der Waals surface area contributed by atoms with Gasteiger partial charge in [-0.1, -0.05) is 78.9 Å². The van der Waals surface area contributed by atoms with Gasteiger partial charge >= 0.3 is 12.1 Å². The predicted octanol–water partition coefficient (Wildman–Crippen LogP) is 5.21. The largest absolute Gasteiger partial charge is 0.481 e. The van der Waals surface area contributed by atoms with Crippen LogP contribution in [0.3, 0.4) is 0 Å². The van der Waals surface area contributed by atoms with Crippen molar-refractivity contribution in [2.75, 3.05) is 19.7 Å². The van der Waals surface area contributed by atoms with Crippen LogP contribution < -0.4 is 5.32 Å². The lowest BCUT2D eigenvalue weighted by Gasteiger charge is -2.36. The highest BCUT2D eigenvalue weighted by molar-refractivity contribution is 5.86. The normalized spacial score (nSPS) is 17.7. The molecular formula is C33H36N2O6. The van der Waals surface area contributed by atoms with Gasteiger partial charge in [-0.25, -0.2) is 4.79 Å². The van der Waals surface area contributed by atoms with Crippen LogP contribution >= 0.6 is 0 Å². The molecule has 3 aromatic rings. The monoisotopic (exact) mass is 556 g/mol. The van der Waals surface area contributed by atoms with Crippen LogP contribution in [-0.4, -0.2) is 59.8 Å².